The number of sulfonamides is 1. The van der Waals surface area contributed by atoms with E-state index >= 15 is 0 Å². The largest absolute Gasteiger partial charge is 0.316 e. The fourth-order valence-electron chi connectivity index (χ4n) is 2.50. The van der Waals surface area contributed by atoms with Gasteiger partial charge in [-0.15, -0.1) is 11.3 Å². The molecule has 2 aromatic heterocycles. The predicted molar refractivity (Wildman–Crippen MR) is 104 cm³/mol. The third kappa shape index (κ3) is 3.38. The molecule has 0 aliphatic heterocycles. The molecule has 0 fully saturated rings. The van der Waals surface area contributed by atoms with Crippen molar-refractivity contribution in [2.24, 2.45) is 0 Å². The van der Waals surface area contributed by atoms with E-state index in [1.165, 1.54) is 54.1 Å². The maximum atomic E-state index is 12.7. The number of carbonyl (C=O) groups is 1. The van der Waals surface area contributed by atoms with E-state index in [1.807, 2.05) is 5.38 Å². The van der Waals surface area contributed by atoms with E-state index in [9.17, 15) is 18.0 Å². The molecule has 142 valence electrons. The summed E-state index contributed by atoms with van der Waals surface area (Å²) in [5.41, 5.74) is 1.14. The molecule has 0 aliphatic rings. The summed E-state index contributed by atoms with van der Waals surface area (Å²) in [4.78, 5) is 30.2. The van der Waals surface area contributed by atoms with Crippen molar-refractivity contribution in [3.63, 3.8) is 0 Å². The van der Waals surface area contributed by atoms with Crippen LogP contribution in [0.25, 0.3) is 4.96 Å². The Balaban J connectivity index is 1.93. The number of thiazole rings is 1. The molecule has 0 saturated carbocycles. The van der Waals surface area contributed by atoms with Crippen LogP contribution in [0.2, 0.25) is 0 Å². The zero-order chi connectivity index (χ0) is 19.9. The van der Waals surface area contributed by atoms with Crippen molar-refractivity contribution in [2.45, 2.75) is 18.7 Å². The number of hydrogen-bond donors (Lipinski definition) is 1. The van der Waals surface area contributed by atoms with E-state index in [0.717, 1.165) is 10.00 Å². The maximum Gasteiger partial charge on any atom is 0.282 e. The van der Waals surface area contributed by atoms with Crippen LogP contribution in [0.1, 0.15) is 21.7 Å². The molecule has 0 radical (unpaired) electrons. The Morgan fingerprint density at radius 3 is 2.41 bits per heavy atom. The highest BCUT2D eigenvalue weighted by molar-refractivity contribution is 7.89. The van der Waals surface area contributed by atoms with Gasteiger partial charge in [0.1, 0.15) is 5.69 Å². The summed E-state index contributed by atoms with van der Waals surface area (Å²) in [6, 6.07) is 5.52. The van der Waals surface area contributed by atoms with Crippen molar-refractivity contribution in [2.75, 3.05) is 19.4 Å². The van der Waals surface area contributed by atoms with Gasteiger partial charge in [0.15, 0.2) is 4.96 Å². The Morgan fingerprint density at radius 2 is 1.81 bits per heavy atom. The van der Waals surface area contributed by atoms with Crippen LogP contribution >= 0.6 is 11.3 Å². The lowest BCUT2D eigenvalue weighted by atomic mass is 10.2. The molecule has 10 heteroatoms. The highest BCUT2D eigenvalue weighted by Crippen LogP contribution is 2.18. The van der Waals surface area contributed by atoms with Crippen LogP contribution in [0.5, 0.6) is 0 Å². The van der Waals surface area contributed by atoms with E-state index in [4.69, 9.17) is 0 Å². The summed E-state index contributed by atoms with van der Waals surface area (Å²) >= 11 is 1.35. The van der Waals surface area contributed by atoms with Crippen LogP contribution in [-0.2, 0) is 10.0 Å². The van der Waals surface area contributed by atoms with E-state index in [0.29, 0.717) is 10.7 Å². The van der Waals surface area contributed by atoms with Gasteiger partial charge in [-0.1, -0.05) is 0 Å². The first-order valence-corrected chi connectivity index (χ1v) is 10.3. The zero-order valence-corrected chi connectivity index (χ0v) is 16.8. The minimum Gasteiger partial charge on any atom is -0.316 e. The van der Waals surface area contributed by atoms with Crippen LogP contribution in [0, 0.1) is 13.8 Å². The minimum atomic E-state index is -3.57. The minimum absolute atomic E-state index is 0.0808. The quantitative estimate of drug-likeness (QED) is 0.713. The Kier molecular flexibility index (Phi) is 4.89. The smallest absolute Gasteiger partial charge is 0.282 e. The Morgan fingerprint density at radius 1 is 1.19 bits per heavy atom. The lowest BCUT2D eigenvalue weighted by molar-refractivity contribution is 0.102. The first-order valence-electron chi connectivity index (χ1n) is 7.94. The van der Waals surface area contributed by atoms with E-state index in [-0.39, 0.29) is 21.7 Å². The van der Waals surface area contributed by atoms with Crippen molar-refractivity contribution in [1.82, 2.24) is 13.7 Å². The van der Waals surface area contributed by atoms with Crippen molar-refractivity contribution >= 4 is 37.9 Å². The Hall–Kier alpha value is -2.56. The number of hydrogen-bond acceptors (Lipinski definition) is 6. The molecule has 0 saturated heterocycles. The number of amides is 1. The Bertz CT molecular complexity index is 1190. The van der Waals surface area contributed by atoms with Gasteiger partial charge in [0.25, 0.3) is 11.5 Å². The highest BCUT2D eigenvalue weighted by atomic mass is 32.2. The second-order valence-electron chi connectivity index (χ2n) is 6.14. The second kappa shape index (κ2) is 6.87. The van der Waals surface area contributed by atoms with Gasteiger partial charge in [0, 0.05) is 30.7 Å². The molecular weight excluding hydrogens is 388 g/mol. The fourth-order valence-corrected chi connectivity index (χ4v) is 4.31. The third-order valence-electron chi connectivity index (χ3n) is 4.05. The molecule has 8 nitrogen and oxygen atoms in total. The summed E-state index contributed by atoms with van der Waals surface area (Å²) in [7, 11) is -0.710. The van der Waals surface area contributed by atoms with E-state index < -0.39 is 15.9 Å². The molecule has 1 aromatic carbocycles. The van der Waals surface area contributed by atoms with Gasteiger partial charge in [-0.25, -0.2) is 17.7 Å². The number of fused-ring (bicyclic) bond motifs is 1. The topological polar surface area (TPSA) is 101 Å². The van der Waals surface area contributed by atoms with Crippen LogP contribution < -0.4 is 10.9 Å². The molecule has 3 rings (SSSR count). The molecule has 0 spiro atoms. The molecular formula is C17H18N4O4S2. The first kappa shape index (κ1) is 19.2. The van der Waals surface area contributed by atoms with Crippen LogP contribution in [-0.4, -0.2) is 42.1 Å². The van der Waals surface area contributed by atoms with Gasteiger partial charge in [-0.05, 0) is 38.1 Å². The van der Waals surface area contributed by atoms with E-state index in [1.54, 1.807) is 13.8 Å². The van der Waals surface area contributed by atoms with Crippen LogP contribution in [0.15, 0.2) is 39.3 Å². The van der Waals surface area contributed by atoms with Crippen molar-refractivity contribution in [1.29, 1.82) is 0 Å². The predicted octanol–water partition coefficient (Wildman–Crippen LogP) is 1.88. The van der Waals surface area contributed by atoms with Gasteiger partial charge < -0.3 is 5.32 Å². The summed E-state index contributed by atoms with van der Waals surface area (Å²) in [6.45, 7) is 3.44. The number of benzene rings is 1. The average molecular weight is 406 g/mol. The molecule has 0 bridgehead atoms. The lowest BCUT2D eigenvalue weighted by Crippen LogP contribution is -2.25. The zero-order valence-electron chi connectivity index (χ0n) is 15.2. The summed E-state index contributed by atoms with van der Waals surface area (Å²) in [5, 5.41) is 4.41. The monoisotopic (exact) mass is 406 g/mol. The summed E-state index contributed by atoms with van der Waals surface area (Å²) in [6.07, 6.45) is 0. The van der Waals surface area contributed by atoms with Crippen LogP contribution in [0.4, 0.5) is 5.69 Å². The maximum absolute atomic E-state index is 12.7. The Labute approximate surface area is 160 Å². The molecule has 0 unspecified atom stereocenters. The summed E-state index contributed by atoms with van der Waals surface area (Å²) < 4.78 is 26.7. The SMILES string of the molecule is Cc1nc2scc(C)n2c(=O)c1NC(=O)c1ccc(S(=O)(=O)N(C)C)cc1. The molecule has 1 N–H and O–H groups in total. The van der Waals surface area contributed by atoms with Crippen molar-refractivity contribution in [3.8, 4) is 0 Å². The van der Waals surface area contributed by atoms with Crippen molar-refractivity contribution < 1.29 is 13.2 Å². The number of carbonyl (C=O) groups excluding carboxylic acids is 1. The number of anilines is 1. The second-order valence-corrected chi connectivity index (χ2v) is 9.13. The van der Waals surface area contributed by atoms with Gasteiger partial charge in [-0.3, -0.25) is 14.0 Å². The van der Waals surface area contributed by atoms with Gasteiger partial charge in [0.2, 0.25) is 10.0 Å². The normalized spacial score (nSPS) is 11.9. The molecule has 0 atom stereocenters. The molecule has 2 heterocycles. The van der Waals surface area contributed by atoms with Gasteiger partial charge in [-0.2, -0.15) is 0 Å². The number of aromatic nitrogens is 2. The molecule has 3 aromatic rings. The molecule has 0 aliphatic carbocycles. The lowest BCUT2D eigenvalue weighted by Gasteiger charge is -2.12. The fraction of sp³-hybridized carbons (Fsp3) is 0.235. The molecule has 1 amide bonds. The van der Waals surface area contributed by atoms with Gasteiger partial charge >= 0.3 is 0 Å². The molecule has 27 heavy (non-hydrogen) atoms. The number of nitrogens with one attached hydrogen (secondary N) is 1. The number of nitrogens with zero attached hydrogens (tertiary/aromatic N) is 3. The third-order valence-corrected chi connectivity index (χ3v) is 6.83. The van der Waals surface area contributed by atoms with Gasteiger partial charge in [0.05, 0.1) is 10.6 Å². The van der Waals surface area contributed by atoms with Crippen LogP contribution in [0.3, 0.4) is 0 Å². The number of aryl methyl sites for hydroxylation is 2. The average Bonchev–Trinajstić information content (AvgIpc) is 2.99. The summed E-state index contributed by atoms with van der Waals surface area (Å²) in [5.74, 6) is -0.515. The number of rotatable bonds is 4. The first-order chi connectivity index (χ1) is 12.6. The highest BCUT2D eigenvalue weighted by Gasteiger charge is 2.19. The van der Waals surface area contributed by atoms with Crippen molar-refractivity contribution in [3.05, 3.63) is 57.0 Å². The standard InChI is InChI=1S/C17H18N4O4S2/c1-10-9-26-17-18-11(2)14(16(23)21(10)17)19-15(22)12-5-7-13(8-6-12)27(24,25)20(3)4/h5-9H,1-4H3,(H,19,22). The van der Waals surface area contributed by atoms with E-state index in [2.05, 4.69) is 10.3 Å².